The first-order chi connectivity index (χ1) is 9.15. The van der Waals surface area contributed by atoms with Gasteiger partial charge in [0.05, 0.1) is 16.2 Å². The molecule has 0 spiro atoms. The number of hydrogen-bond acceptors (Lipinski definition) is 2. The number of rotatable bonds is 2. The van der Waals surface area contributed by atoms with Crippen molar-refractivity contribution in [2.45, 2.75) is 26.8 Å². The lowest BCUT2D eigenvalue weighted by molar-refractivity contribution is 0.317. The minimum atomic E-state index is 0.792. The average molecular weight is 275 g/mol. The van der Waals surface area contributed by atoms with Crippen molar-refractivity contribution in [2.75, 3.05) is 13.1 Å². The van der Waals surface area contributed by atoms with Crippen LogP contribution in [0.4, 0.5) is 0 Å². The van der Waals surface area contributed by atoms with Crippen molar-refractivity contribution in [1.29, 1.82) is 0 Å². The summed E-state index contributed by atoms with van der Waals surface area (Å²) >= 11 is 6.50. The summed E-state index contributed by atoms with van der Waals surface area (Å²) in [5, 5.41) is 1.99. The molecule has 1 atom stereocenters. The predicted octanol–water partition coefficient (Wildman–Crippen LogP) is 4.04. The Morgan fingerprint density at radius 1 is 1.37 bits per heavy atom. The fraction of sp³-hybridized carbons (Fsp3) is 0.438. The van der Waals surface area contributed by atoms with Gasteiger partial charge in [0.25, 0.3) is 0 Å². The number of likely N-dealkylation sites (tertiary alicyclic amines) is 1. The van der Waals surface area contributed by atoms with Crippen LogP contribution in [0.15, 0.2) is 24.3 Å². The molecule has 0 saturated carbocycles. The first-order valence-electron chi connectivity index (χ1n) is 6.91. The van der Waals surface area contributed by atoms with Crippen molar-refractivity contribution >= 4 is 22.5 Å². The van der Waals surface area contributed by atoms with Crippen LogP contribution in [-0.4, -0.2) is 23.0 Å². The van der Waals surface area contributed by atoms with Gasteiger partial charge in [0.15, 0.2) is 0 Å². The number of hydrogen-bond donors (Lipinski definition) is 0. The summed E-state index contributed by atoms with van der Waals surface area (Å²) in [5.41, 5.74) is 3.22. The number of aryl methyl sites for hydroxylation is 1. The standard InChI is InChI=1S/C16H19ClN2/c1-11-7-8-19(9-11)10-15-16(17)12(2)13-5-3-4-6-14(13)18-15/h3-6,11H,7-10H2,1-2H3. The van der Waals surface area contributed by atoms with Gasteiger partial charge < -0.3 is 0 Å². The highest BCUT2D eigenvalue weighted by atomic mass is 35.5. The molecule has 3 rings (SSSR count). The normalized spacial score (nSPS) is 20.3. The second-order valence-corrected chi connectivity index (χ2v) is 6.02. The van der Waals surface area contributed by atoms with E-state index in [1.165, 1.54) is 6.42 Å². The summed E-state index contributed by atoms with van der Waals surface area (Å²) in [6.45, 7) is 7.58. The minimum absolute atomic E-state index is 0.792. The van der Waals surface area contributed by atoms with E-state index in [1.54, 1.807) is 0 Å². The van der Waals surface area contributed by atoms with Crippen molar-refractivity contribution in [3.63, 3.8) is 0 Å². The van der Waals surface area contributed by atoms with Gasteiger partial charge in [-0.05, 0) is 37.4 Å². The third-order valence-corrected chi connectivity index (χ3v) is 4.53. The summed E-state index contributed by atoms with van der Waals surface area (Å²) in [7, 11) is 0. The molecule has 1 aliphatic heterocycles. The van der Waals surface area contributed by atoms with E-state index < -0.39 is 0 Å². The minimum Gasteiger partial charge on any atom is -0.297 e. The Kier molecular flexibility index (Phi) is 3.46. The summed E-state index contributed by atoms with van der Waals surface area (Å²) in [4.78, 5) is 7.20. The van der Waals surface area contributed by atoms with E-state index in [2.05, 4.69) is 30.9 Å². The Labute approximate surface area is 119 Å². The third-order valence-electron chi connectivity index (χ3n) is 4.03. The van der Waals surface area contributed by atoms with Crippen LogP contribution < -0.4 is 0 Å². The lowest BCUT2D eigenvalue weighted by atomic mass is 10.1. The van der Waals surface area contributed by atoms with E-state index >= 15 is 0 Å². The molecular formula is C16H19ClN2. The zero-order valence-corrected chi connectivity index (χ0v) is 12.2. The molecule has 1 fully saturated rings. The van der Waals surface area contributed by atoms with Crippen LogP contribution in [0.5, 0.6) is 0 Å². The molecule has 0 amide bonds. The van der Waals surface area contributed by atoms with Crippen LogP contribution in [0.1, 0.15) is 24.6 Å². The highest BCUT2D eigenvalue weighted by Gasteiger charge is 2.20. The summed E-state index contributed by atoms with van der Waals surface area (Å²) in [6, 6.07) is 8.22. The van der Waals surface area contributed by atoms with Gasteiger partial charge in [-0.15, -0.1) is 0 Å². The maximum Gasteiger partial charge on any atom is 0.0740 e. The number of halogens is 1. The van der Waals surface area contributed by atoms with Crippen molar-refractivity contribution in [2.24, 2.45) is 5.92 Å². The number of para-hydroxylation sites is 1. The molecule has 1 aromatic heterocycles. The monoisotopic (exact) mass is 274 g/mol. The average Bonchev–Trinajstić information content (AvgIpc) is 2.81. The Hall–Kier alpha value is -1.12. The number of nitrogens with zero attached hydrogens (tertiary/aromatic N) is 2. The molecular weight excluding hydrogens is 256 g/mol. The van der Waals surface area contributed by atoms with Gasteiger partial charge in [0.2, 0.25) is 0 Å². The quantitative estimate of drug-likeness (QED) is 0.822. The maximum absolute atomic E-state index is 6.50. The number of benzene rings is 1. The zero-order chi connectivity index (χ0) is 13.4. The predicted molar refractivity (Wildman–Crippen MR) is 80.5 cm³/mol. The van der Waals surface area contributed by atoms with Crippen molar-refractivity contribution in [3.05, 3.63) is 40.5 Å². The molecule has 2 heterocycles. The molecule has 2 aromatic rings. The van der Waals surface area contributed by atoms with Crippen LogP contribution in [0.3, 0.4) is 0 Å². The number of fused-ring (bicyclic) bond motifs is 1. The number of pyridine rings is 1. The molecule has 19 heavy (non-hydrogen) atoms. The van der Waals surface area contributed by atoms with E-state index in [4.69, 9.17) is 16.6 Å². The summed E-state index contributed by atoms with van der Waals surface area (Å²) in [6.07, 6.45) is 1.28. The van der Waals surface area contributed by atoms with Crippen LogP contribution in [0.25, 0.3) is 10.9 Å². The fourth-order valence-corrected chi connectivity index (χ4v) is 3.11. The van der Waals surface area contributed by atoms with Gasteiger partial charge in [-0.2, -0.15) is 0 Å². The molecule has 1 aromatic carbocycles. The zero-order valence-electron chi connectivity index (χ0n) is 11.5. The smallest absolute Gasteiger partial charge is 0.0740 e. The van der Waals surface area contributed by atoms with Gasteiger partial charge in [-0.3, -0.25) is 4.90 Å². The van der Waals surface area contributed by atoms with E-state index in [0.29, 0.717) is 0 Å². The second kappa shape index (κ2) is 5.10. The Morgan fingerprint density at radius 3 is 2.89 bits per heavy atom. The van der Waals surface area contributed by atoms with Gasteiger partial charge in [-0.25, -0.2) is 4.98 Å². The van der Waals surface area contributed by atoms with Gasteiger partial charge in [-0.1, -0.05) is 36.7 Å². The largest absolute Gasteiger partial charge is 0.297 e. The van der Waals surface area contributed by atoms with Crippen molar-refractivity contribution in [3.8, 4) is 0 Å². The second-order valence-electron chi connectivity index (χ2n) is 5.64. The van der Waals surface area contributed by atoms with Crippen molar-refractivity contribution in [1.82, 2.24) is 9.88 Å². The van der Waals surface area contributed by atoms with Gasteiger partial charge >= 0.3 is 0 Å². The van der Waals surface area contributed by atoms with E-state index in [-0.39, 0.29) is 0 Å². The van der Waals surface area contributed by atoms with Crippen molar-refractivity contribution < 1.29 is 0 Å². The fourth-order valence-electron chi connectivity index (χ4n) is 2.90. The lowest BCUT2D eigenvalue weighted by Gasteiger charge is -2.17. The lowest BCUT2D eigenvalue weighted by Crippen LogP contribution is -2.20. The Balaban J connectivity index is 1.97. The summed E-state index contributed by atoms with van der Waals surface area (Å²) < 4.78 is 0. The SMILES string of the molecule is Cc1c(Cl)c(CN2CCC(C)C2)nc2ccccc12. The Morgan fingerprint density at radius 2 is 2.16 bits per heavy atom. The maximum atomic E-state index is 6.50. The molecule has 0 bridgehead atoms. The molecule has 0 N–H and O–H groups in total. The van der Waals surface area contributed by atoms with E-state index in [0.717, 1.165) is 52.7 Å². The van der Waals surface area contributed by atoms with Gasteiger partial charge in [0, 0.05) is 18.5 Å². The van der Waals surface area contributed by atoms with Crippen LogP contribution in [0.2, 0.25) is 5.02 Å². The summed E-state index contributed by atoms with van der Waals surface area (Å²) in [5.74, 6) is 0.792. The third kappa shape index (κ3) is 2.47. The van der Waals surface area contributed by atoms with Crippen LogP contribution in [-0.2, 0) is 6.54 Å². The highest BCUT2D eigenvalue weighted by molar-refractivity contribution is 6.32. The van der Waals surface area contributed by atoms with Gasteiger partial charge in [0.1, 0.15) is 0 Å². The van der Waals surface area contributed by atoms with E-state index in [1.807, 2.05) is 12.1 Å². The van der Waals surface area contributed by atoms with Crippen LogP contribution in [0, 0.1) is 12.8 Å². The molecule has 100 valence electrons. The topological polar surface area (TPSA) is 16.1 Å². The molecule has 3 heteroatoms. The first kappa shape index (κ1) is 12.9. The molecule has 0 radical (unpaired) electrons. The first-order valence-corrected chi connectivity index (χ1v) is 7.29. The van der Waals surface area contributed by atoms with E-state index in [9.17, 15) is 0 Å². The molecule has 2 nitrogen and oxygen atoms in total. The number of aromatic nitrogens is 1. The molecule has 1 saturated heterocycles. The van der Waals surface area contributed by atoms with Crippen LogP contribution >= 0.6 is 11.6 Å². The molecule has 0 aliphatic carbocycles. The highest BCUT2D eigenvalue weighted by Crippen LogP contribution is 2.28. The molecule has 1 unspecified atom stereocenters. The molecule has 1 aliphatic rings. The Bertz CT molecular complexity index is 609.